The van der Waals surface area contributed by atoms with Crippen molar-refractivity contribution in [1.82, 2.24) is 0 Å². The van der Waals surface area contributed by atoms with Gasteiger partial charge in [-0.2, -0.15) is 0 Å². The molecule has 1 heteroatoms. The highest BCUT2D eigenvalue weighted by Crippen LogP contribution is 2.42. The first-order valence-corrected chi connectivity index (χ1v) is 7.90. The van der Waals surface area contributed by atoms with Crippen molar-refractivity contribution in [2.45, 2.75) is 39.0 Å². The third-order valence-electron chi connectivity index (χ3n) is 4.48. The monoisotopic (exact) mass is 278 g/mol. The van der Waals surface area contributed by atoms with Crippen molar-refractivity contribution in [1.29, 1.82) is 0 Å². The standard InChI is InChI=1S/C20H22O/c1-3-9-14(4-2)19-15-10-5-7-12-17(15)20(21)18-13-8-6-11-16(18)19/h5-8,10-14,21H,3-4,9H2,1-2H3. The van der Waals surface area contributed by atoms with E-state index in [2.05, 4.69) is 38.1 Å². The first kappa shape index (κ1) is 13.9. The van der Waals surface area contributed by atoms with Gasteiger partial charge in [-0.05, 0) is 35.1 Å². The number of aromatic hydroxyl groups is 1. The number of hydrogen-bond acceptors (Lipinski definition) is 1. The molecule has 1 atom stereocenters. The van der Waals surface area contributed by atoms with E-state index in [-0.39, 0.29) is 0 Å². The molecule has 0 saturated heterocycles. The summed E-state index contributed by atoms with van der Waals surface area (Å²) in [4.78, 5) is 0. The molecule has 0 heterocycles. The highest BCUT2D eigenvalue weighted by atomic mass is 16.3. The van der Waals surface area contributed by atoms with Gasteiger partial charge in [0.2, 0.25) is 0 Å². The van der Waals surface area contributed by atoms with Crippen LogP contribution in [0.1, 0.15) is 44.6 Å². The highest BCUT2D eigenvalue weighted by molar-refractivity contribution is 6.08. The van der Waals surface area contributed by atoms with Crippen LogP contribution in [0.4, 0.5) is 0 Å². The Bertz CT molecular complexity index is 716. The minimum atomic E-state index is 0.413. The van der Waals surface area contributed by atoms with E-state index in [0.29, 0.717) is 11.7 Å². The van der Waals surface area contributed by atoms with Gasteiger partial charge in [0.1, 0.15) is 5.75 Å². The maximum absolute atomic E-state index is 10.6. The van der Waals surface area contributed by atoms with Crippen LogP contribution < -0.4 is 0 Å². The van der Waals surface area contributed by atoms with Crippen molar-refractivity contribution in [2.75, 3.05) is 0 Å². The van der Waals surface area contributed by atoms with Crippen LogP contribution >= 0.6 is 0 Å². The van der Waals surface area contributed by atoms with E-state index in [9.17, 15) is 5.11 Å². The summed E-state index contributed by atoms with van der Waals surface area (Å²) < 4.78 is 0. The van der Waals surface area contributed by atoms with Crippen molar-refractivity contribution in [3.63, 3.8) is 0 Å². The average molecular weight is 278 g/mol. The maximum Gasteiger partial charge on any atom is 0.131 e. The van der Waals surface area contributed by atoms with Crippen LogP contribution in [0, 0.1) is 0 Å². The van der Waals surface area contributed by atoms with Crippen molar-refractivity contribution in [2.24, 2.45) is 0 Å². The molecular weight excluding hydrogens is 256 g/mol. The molecule has 0 saturated carbocycles. The Morgan fingerprint density at radius 1 is 0.810 bits per heavy atom. The summed E-state index contributed by atoms with van der Waals surface area (Å²) in [5.41, 5.74) is 1.41. The molecule has 0 spiro atoms. The third-order valence-corrected chi connectivity index (χ3v) is 4.48. The number of fused-ring (bicyclic) bond motifs is 2. The quantitative estimate of drug-likeness (QED) is 0.581. The van der Waals surface area contributed by atoms with Crippen LogP contribution in [0.15, 0.2) is 48.5 Å². The van der Waals surface area contributed by atoms with Gasteiger partial charge in [-0.1, -0.05) is 68.8 Å². The molecule has 0 fully saturated rings. The van der Waals surface area contributed by atoms with Crippen LogP contribution in [-0.4, -0.2) is 5.11 Å². The largest absolute Gasteiger partial charge is 0.507 e. The van der Waals surface area contributed by atoms with Crippen LogP contribution in [0.25, 0.3) is 21.5 Å². The molecule has 0 aliphatic carbocycles. The molecule has 1 N–H and O–H groups in total. The van der Waals surface area contributed by atoms with Crippen molar-refractivity contribution in [3.05, 3.63) is 54.1 Å². The first-order chi connectivity index (χ1) is 10.3. The molecule has 0 amide bonds. The normalized spacial score (nSPS) is 12.9. The van der Waals surface area contributed by atoms with E-state index in [1.807, 2.05) is 24.3 Å². The number of hydrogen-bond donors (Lipinski definition) is 1. The zero-order chi connectivity index (χ0) is 14.8. The van der Waals surface area contributed by atoms with Gasteiger partial charge in [-0.3, -0.25) is 0 Å². The summed E-state index contributed by atoms with van der Waals surface area (Å²) >= 11 is 0. The Balaban J connectivity index is 2.45. The summed E-state index contributed by atoms with van der Waals surface area (Å²) in [5.74, 6) is 0.960. The third kappa shape index (κ3) is 2.27. The molecule has 0 aromatic heterocycles. The fraction of sp³-hybridized carbons (Fsp3) is 0.300. The number of phenolic OH excluding ortho intramolecular Hbond substituents is 1. The molecule has 0 radical (unpaired) electrons. The van der Waals surface area contributed by atoms with Gasteiger partial charge in [0.15, 0.2) is 0 Å². The van der Waals surface area contributed by atoms with E-state index in [0.717, 1.165) is 17.2 Å². The van der Waals surface area contributed by atoms with Crippen molar-refractivity contribution >= 4 is 21.5 Å². The lowest BCUT2D eigenvalue weighted by Gasteiger charge is -2.21. The molecule has 3 aromatic rings. The van der Waals surface area contributed by atoms with Gasteiger partial charge in [0, 0.05) is 10.8 Å². The Morgan fingerprint density at radius 3 is 1.71 bits per heavy atom. The lowest BCUT2D eigenvalue weighted by atomic mass is 9.84. The molecule has 108 valence electrons. The molecule has 0 aliphatic heterocycles. The summed E-state index contributed by atoms with van der Waals surface area (Å²) in [5, 5.41) is 15.0. The molecule has 21 heavy (non-hydrogen) atoms. The zero-order valence-electron chi connectivity index (χ0n) is 12.8. The van der Waals surface area contributed by atoms with Gasteiger partial charge in [0.05, 0.1) is 0 Å². The predicted octanol–water partition coefficient (Wildman–Crippen LogP) is 5.99. The summed E-state index contributed by atoms with van der Waals surface area (Å²) in [6.45, 7) is 4.50. The topological polar surface area (TPSA) is 20.2 Å². The average Bonchev–Trinajstić information content (AvgIpc) is 2.54. The van der Waals surface area contributed by atoms with Crippen LogP contribution in [0.5, 0.6) is 5.75 Å². The Morgan fingerprint density at radius 2 is 1.29 bits per heavy atom. The number of rotatable bonds is 4. The smallest absolute Gasteiger partial charge is 0.131 e. The van der Waals surface area contributed by atoms with Crippen LogP contribution in [0.2, 0.25) is 0 Å². The van der Waals surface area contributed by atoms with E-state index in [1.165, 1.54) is 29.2 Å². The SMILES string of the molecule is CCCC(CC)c1c2ccccc2c(O)c2ccccc12. The van der Waals surface area contributed by atoms with E-state index in [1.54, 1.807) is 0 Å². The second-order valence-corrected chi connectivity index (χ2v) is 5.75. The van der Waals surface area contributed by atoms with Gasteiger partial charge < -0.3 is 5.11 Å². The lowest BCUT2D eigenvalue weighted by Crippen LogP contribution is -2.00. The second-order valence-electron chi connectivity index (χ2n) is 5.75. The summed E-state index contributed by atoms with van der Waals surface area (Å²) in [7, 11) is 0. The van der Waals surface area contributed by atoms with Gasteiger partial charge in [-0.25, -0.2) is 0 Å². The number of benzene rings is 3. The molecule has 0 bridgehead atoms. The summed E-state index contributed by atoms with van der Waals surface area (Å²) in [6, 6.07) is 16.5. The Kier molecular flexibility index (Phi) is 3.83. The molecule has 0 aliphatic rings. The van der Waals surface area contributed by atoms with Crippen molar-refractivity contribution < 1.29 is 5.11 Å². The second kappa shape index (κ2) is 5.77. The van der Waals surface area contributed by atoms with E-state index in [4.69, 9.17) is 0 Å². The van der Waals surface area contributed by atoms with Crippen molar-refractivity contribution in [3.8, 4) is 5.75 Å². The Hall–Kier alpha value is -2.02. The number of phenols is 1. The van der Waals surface area contributed by atoms with Crippen LogP contribution in [-0.2, 0) is 0 Å². The maximum atomic E-state index is 10.6. The van der Waals surface area contributed by atoms with E-state index >= 15 is 0 Å². The molecule has 1 nitrogen and oxygen atoms in total. The fourth-order valence-electron chi connectivity index (χ4n) is 3.48. The van der Waals surface area contributed by atoms with Gasteiger partial charge in [-0.15, -0.1) is 0 Å². The molecule has 3 rings (SSSR count). The minimum absolute atomic E-state index is 0.413. The summed E-state index contributed by atoms with van der Waals surface area (Å²) in [6.07, 6.45) is 3.50. The molecule has 3 aromatic carbocycles. The zero-order valence-corrected chi connectivity index (χ0v) is 12.8. The lowest BCUT2D eigenvalue weighted by molar-refractivity contribution is 0.487. The van der Waals surface area contributed by atoms with Gasteiger partial charge >= 0.3 is 0 Å². The first-order valence-electron chi connectivity index (χ1n) is 7.90. The van der Waals surface area contributed by atoms with Crippen LogP contribution in [0.3, 0.4) is 0 Å². The molecule has 1 unspecified atom stereocenters. The highest BCUT2D eigenvalue weighted by Gasteiger charge is 2.18. The van der Waals surface area contributed by atoms with Gasteiger partial charge in [0.25, 0.3) is 0 Å². The predicted molar refractivity (Wildman–Crippen MR) is 91.1 cm³/mol. The minimum Gasteiger partial charge on any atom is -0.507 e. The van der Waals surface area contributed by atoms with E-state index < -0.39 is 0 Å². The molecular formula is C20H22O. The fourth-order valence-corrected chi connectivity index (χ4v) is 3.48. The Labute approximate surface area is 126 Å².